The van der Waals surface area contributed by atoms with Gasteiger partial charge in [0.25, 0.3) is 0 Å². The van der Waals surface area contributed by atoms with Crippen LogP contribution in [0.25, 0.3) is 0 Å². The molecule has 0 aliphatic carbocycles. The maximum atomic E-state index is 11.7. The first-order valence-corrected chi connectivity index (χ1v) is 6.94. The third kappa shape index (κ3) is 6.03. The summed E-state index contributed by atoms with van der Waals surface area (Å²) in [6, 6.07) is 0. The molecule has 17 heavy (non-hydrogen) atoms. The van der Waals surface area contributed by atoms with Gasteiger partial charge in [-0.05, 0) is 45.4 Å². The summed E-state index contributed by atoms with van der Waals surface area (Å²) < 4.78 is 0. The van der Waals surface area contributed by atoms with Crippen LogP contribution in [0.5, 0.6) is 0 Å². The van der Waals surface area contributed by atoms with E-state index in [1.54, 1.807) is 0 Å². The molecule has 1 atom stereocenters. The molecule has 1 aliphatic rings. The molecule has 4 heteroatoms. The van der Waals surface area contributed by atoms with E-state index in [-0.39, 0.29) is 11.8 Å². The molecular formula is C13H27N3O. The van der Waals surface area contributed by atoms with E-state index < -0.39 is 0 Å². The zero-order valence-corrected chi connectivity index (χ0v) is 11.3. The highest BCUT2D eigenvalue weighted by Crippen LogP contribution is 2.06. The Morgan fingerprint density at radius 1 is 1.35 bits per heavy atom. The average Bonchev–Trinajstić information content (AvgIpc) is 2.84. The van der Waals surface area contributed by atoms with Crippen molar-refractivity contribution in [2.45, 2.75) is 33.1 Å². The molecule has 4 nitrogen and oxygen atoms in total. The van der Waals surface area contributed by atoms with Crippen LogP contribution in [0.3, 0.4) is 0 Å². The standard InChI is InChI=1S/C13H27N3O/c1-3-14-11-12(2)13(17)15-7-6-10-16-8-4-5-9-16/h12,14H,3-11H2,1-2H3,(H,15,17). The Labute approximate surface area is 105 Å². The minimum absolute atomic E-state index is 0.0711. The summed E-state index contributed by atoms with van der Waals surface area (Å²) in [6.07, 6.45) is 3.75. The molecule has 2 N–H and O–H groups in total. The predicted molar refractivity (Wildman–Crippen MR) is 71.0 cm³/mol. The van der Waals surface area contributed by atoms with E-state index in [2.05, 4.69) is 22.5 Å². The molecule has 0 aromatic carbocycles. The fraction of sp³-hybridized carbons (Fsp3) is 0.923. The third-order valence-corrected chi connectivity index (χ3v) is 3.30. The molecule has 0 bridgehead atoms. The van der Waals surface area contributed by atoms with Gasteiger partial charge >= 0.3 is 0 Å². The van der Waals surface area contributed by atoms with Crippen molar-refractivity contribution >= 4 is 5.91 Å². The monoisotopic (exact) mass is 241 g/mol. The van der Waals surface area contributed by atoms with Crippen LogP contribution < -0.4 is 10.6 Å². The number of rotatable bonds is 8. The number of hydrogen-bond acceptors (Lipinski definition) is 3. The van der Waals surface area contributed by atoms with Gasteiger partial charge in [0.2, 0.25) is 5.91 Å². The Morgan fingerprint density at radius 2 is 2.06 bits per heavy atom. The lowest BCUT2D eigenvalue weighted by atomic mass is 10.1. The van der Waals surface area contributed by atoms with Crippen LogP contribution in [0.2, 0.25) is 0 Å². The van der Waals surface area contributed by atoms with Crippen LogP contribution in [0, 0.1) is 5.92 Å². The summed E-state index contributed by atoms with van der Waals surface area (Å²) in [6.45, 7) is 10.1. The number of likely N-dealkylation sites (tertiary alicyclic amines) is 1. The molecule has 1 rings (SSSR count). The second-order valence-electron chi connectivity index (χ2n) is 4.90. The molecule has 0 spiro atoms. The van der Waals surface area contributed by atoms with Crippen LogP contribution in [0.15, 0.2) is 0 Å². The van der Waals surface area contributed by atoms with Crippen LogP contribution >= 0.6 is 0 Å². The smallest absolute Gasteiger partial charge is 0.224 e. The highest BCUT2D eigenvalue weighted by molar-refractivity contribution is 5.78. The van der Waals surface area contributed by atoms with Crippen LogP contribution in [0.1, 0.15) is 33.1 Å². The van der Waals surface area contributed by atoms with Crippen LogP contribution in [-0.4, -0.2) is 50.1 Å². The molecular weight excluding hydrogens is 214 g/mol. The van der Waals surface area contributed by atoms with Gasteiger partial charge in [-0.1, -0.05) is 13.8 Å². The number of carbonyl (C=O) groups excluding carboxylic acids is 1. The zero-order valence-electron chi connectivity index (χ0n) is 11.3. The molecule has 100 valence electrons. The molecule has 1 amide bonds. The highest BCUT2D eigenvalue weighted by Gasteiger charge is 2.12. The van der Waals surface area contributed by atoms with E-state index in [1.807, 2.05) is 6.92 Å². The highest BCUT2D eigenvalue weighted by atomic mass is 16.1. The van der Waals surface area contributed by atoms with Gasteiger partial charge in [-0.2, -0.15) is 0 Å². The molecule has 0 aromatic rings. The fourth-order valence-electron chi connectivity index (χ4n) is 2.15. The summed E-state index contributed by atoms with van der Waals surface area (Å²) in [5, 5.41) is 6.20. The molecule has 1 saturated heterocycles. The van der Waals surface area contributed by atoms with Gasteiger partial charge in [-0.15, -0.1) is 0 Å². The number of nitrogens with one attached hydrogen (secondary N) is 2. The lowest BCUT2D eigenvalue weighted by Crippen LogP contribution is -2.36. The molecule has 0 saturated carbocycles. The Kier molecular flexibility index (Phi) is 7.21. The van der Waals surface area contributed by atoms with Gasteiger partial charge in [0, 0.05) is 19.0 Å². The van der Waals surface area contributed by atoms with E-state index in [0.717, 1.165) is 32.6 Å². The summed E-state index contributed by atoms with van der Waals surface area (Å²) >= 11 is 0. The largest absolute Gasteiger partial charge is 0.356 e. The first-order chi connectivity index (χ1) is 8.24. The number of carbonyl (C=O) groups is 1. The Balaban J connectivity index is 1.98. The normalized spacial score (nSPS) is 18.2. The zero-order chi connectivity index (χ0) is 12.5. The summed E-state index contributed by atoms with van der Waals surface area (Å²) in [5.41, 5.74) is 0. The predicted octanol–water partition coefficient (Wildman–Crippen LogP) is 0.834. The molecule has 1 fully saturated rings. The van der Waals surface area contributed by atoms with Gasteiger partial charge in [0.05, 0.1) is 0 Å². The van der Waals surface area contributed by atoms with Crippen molar-refractivity contribution in [2.75, 3.05) is 39.3 Å². The van der Waals surface area contributed by atoms with E-state index in [0.29, 0.717) is 0 Å². The SMILES string of the molecule is CCNCC(C)C(=O)NCCCN1CCCC1. The van der Waals surface area contributed by atoms with Crippen molar-refractivity contribution in [3.63, 3.8) is 0 Å². The first-order valence-electron chi connectivity index (χ1n) is 6.94. The van der Waals surface area contributed by atoms with Crippen molar-refractivity contribution in [1.82, 2.24) is 15.5 Å². The Hall–Kier alpha value is -0.610. The number of hydrogen-bond donors (Lipinski definition) is 2. The van der Waals surface area contributed by atoms with E-state index in [1.165, 1.54) is 25.9 Å². The topological polar surface area (TPSA) is 44.4 Å². The fourth-order valence-corrected chi connectivity index (χ4v) is 2.15. The number of amides is 1. The van der Waals surface area contributed by atoms with Crippen molar-refractivity contribution in [2.24, 2.45) is 5.92 Å². The van der Waals surface area contributed by atoms with Gasteiger partial charge in [-0.3, -0.25) is 4.79 Å². The average molecular weight is 241 g/mol. The van der Waals surface area contributed by atoms with Gasteiger partial charge in [0.1, 0.15) is 0 Å². The van der Waals surface area contributed by atoms with Gasteiger partial charge < -0.3 is 15.5 Å². The molecule has 1 heterocycles. The van der Waals surface area contributed by atoms with Crippen LogP contribution in [0.4, 0.5) is 0 Å². The Bertz CT molecular complexity index is 215. The lowest BCUT2D eigenvalue weighted by Gasteiger charge is -2.15. The number of nitrogens with zero attached hydrogens (tertiary/aromatic N) is 1. The molecule has 1 aliphatic heterocycles. The minimum Gasteiger partial charge on any atom is -0.356 e. The maximum Gasteiger partial charge on any atom is 0.224 e. The lowest BCUT2D eigenvalue weighted by molar-refractivity contribution is -0.124. The van der Waals surface area contributed by atoms with E-state index in [4.69, 9.17) is 0 Å². The summed E-state index contributed by atoms with van der Waals surface area (Å²) in [4.78, 5) is 14.2. The van der Waals surface area contributed by atoms with Gasteiger partial charge in [0.15, 0.2) is 0 Å². The van der Waals surface area contributed by atoms with Crippen molar-refractivity contribution in [3.05, 3.63) is 0 Å². The van der Waals surface area contributed by atoms with Crippen molar-refractivity contribution in [3.8, 4) is 0 Å². The van der Waals surface area contributed by atoms with Gasteiger partial charge in [-0.25, -0.2) is 0 Å². The molecule has 0 aromatic heterocycles. The third-order valence-electron chi connectivity index (χ3n) is 3.30. The second kappa shape index (κ2) is 8.48. The molecule has 0 radical (unpaired) electrons. The minimum atomic E-state index is 0.0711. The summed E-state index contributed by atoms with van der Waals surface area (Å²) in [5.74, 6) is 0.245. The first kappa shape index (κ1) is 14.5. The van der Waals surface area contributed by atoms with Crippen molar-refractivity contribution in [1.29, 1.82) is 0 Å². The van der Waals surface area contributed by atoms with E-state index in [9.17, 15) is 4.79 Å². The summed E-state index contributed by atoms with van der Waals surface area (Å²) in [7, 11) is 0. The van der Waals surface area contributed by atoms with E-state index >= 15 is 0 Å². The van der Waals surface area contributed by atoms with Crippen LogP contribution in [-0.2, 0) is 4.79 Å². The maximum absolute atomic E-state index is 11.7. The van der Waals surface area contributed by atoms with Crippen molar-refractivity contribution < 1.29 is 4.79 Å². The second-order valence-corrected chi connectivity index (χ2v) is 4.90. The Morgan fingerprint density at radius 3 is 2.71 bits per heavy atom. The quantitative estimate of drug-likeness (QED) is 0.619. The molecule has 1 unspecified atom stereocenters.